The molecule has 3 aromatic rings. The maximum absolute atomic E-state index is 13.1. The van der Waals surface area contributed by atoms with E-state index < -0.39 is 35.5 Å². The molecule has 0 aliphatic rings. The van der Waals surface area contributed by atoms with Gasteiger partial charge in [-0.2, -0.15) is 23.5 Å². The third-order valence-electron chi connectivity index (χ3n) is 4.16. The molecule has 0 aliphatic carbocycles. The van der Waals surface area contributed by atoms with Crippen molar-refractivity contribution in [2.24, 2.45) is 5.10 Å². The molecule has 7 nitrogen and oxygen atoms in total. The van der Waals surface area contributed by atoms with Crippen molar-refractivity contribution in [3.63, 3.8) is 0 Å². The van der Waals surface area contributed by atoms with E-state index >= 15 is 0 Å². The van der Waals surface area contributed by atoms with Gasteiger partial charge in [-0.1, -0.05) is 24.3 Å². The lowest BCUT2D eigenvalue weighted by atomic mass is 10.1. The van der Waals surface area contributed by atoms with Gasteiger partial charge in [0, 0.05) is 10.8 Å². The van der Waals surface area contributed by atoms with E-state index in [2.05, 4.69) is 10.5 Å². The van der Waals surface area contributed by atoms with Gasteiger partial charge in [-0.25, -0.2) is 9.99 Å². The number of carbonyl (C=O) groups excluding carboxylic acids is 1. The van der Waals surface area contributed by atoms with Crippen LogP contribution in [0.25, 0.3) is 16.5 Å². The number of benzene rings is 2. The number of hydrazone groups is 1. The fraction of sp³-hybridized carbons (Fsp3) is 0.100. The van der Waals surface area contributed by atoms with Crippen molar-refractivity contribution in [3.8, 4) is 17.6 Å². The van der Waals surface area contributed by atoms with Crippen molar-refractivity contribution in [1.82, 2.24) is 9.99 Å². The van der Waals surface area contributed by atoms with E-state index in [9.17, 15) is 27.9 Å². The van der Waals surface area contributed by atoms with Crippen LogP contribution >= 0.6 is 0 Å². The van der Waals surface area contributed by atoms with E-state index in [1.807, 2.05) is 0 Å². The lowest BCUT2D eigenvalue weighted by Gasteiger charge is -2.15. The van der Waals surface area contributed by atoms with Crippen LogP contribution in [0.15, 0.2) is 58.4 Å². The molecule has 0 saturated carbocycles. The molecular formula is C20H13F3N4O3. The highest BCUT2D eigenvalue weighted by Crippen LogP contribution is 2.32. The minimum absolute atomic E-state index is 0.000121. The van der Waals surface area contributed by atoms with E-state index in [-0.39, 0.29) is 22.0 Å². The maximum atomic E-state index is 13.1. The molecule has 0 bridgehead atoms. The molecule has 0 spiro atoms. The second-order valence-electron chi connectivity index (χ2n) is 6.10. The lowest BCUT2D eigenvalue weighted by molar-refractivity contribution is -0.137. The second kappa shape index (κ2) is 8.08. The average molecular weight is 414 g/mol. The first-order valence-corrected chi connectivity index (χ1v) is 8.47. The van der Waals surface area contributed by atoms with Gasteiger partial charge in [0.2, 0.25) is 5.88 Å². The van der Waals surface area contributed by atoms with Crippen LogP contribution in [0.5, 0.6) is 5.88 Å². The van der Waals surface area contributed by atoms with Gasteiger partial charge in [-0.05, 0) is 24.3 Å². The van der Waals surface area contributed by atoms with Gasteiger partial charge in [0.1, 0.15) is 6.42 Å². The minimum Gasteiger partial charge on any atom is -0.494 e. The van der Waals surface area contributed by atoms with Crippen molar-refractivity contribution in [2.45, 2.75) is 12.6 Å². The summed E-state index contributed by atoms with van der Waals surface area (Å²) in [7, 11) is 0. The molecule has 152 valence electrons. The van der Waals surface area contributed by atoms with Crippen LogP contribution in [0.2, 0.25) is 0 Å². The number of carbonyl (C=O) groups is 1. The summed E-state index contributed by atoms with van der Waals surface area (Å²) in [6.07, 6.45) is -4.02. The number of hydrogen-bond acceptors (Lipinski definition) is 5. The Balaban J connectivity index is 2.22. The van der Waals surface area contributed by atoms with E-state index in [0.29, 0.717) is 0 Å². The van der Waals surface area contributed by atoms with Crippen LogP contribution in [0.1, 0.15) is 17.5 Å². The number of amides is 1. The van der Waals surface area contributed by atoms with Gasteiger partial charge in [-0.3, -0.25) is 9.59 Å². The molecule has 2 aromatic carbocycles. The Labute approximate surface area is 167 Å². The molecular weight excluding hydrogens is 401 g/mol. The van der Waals surface area contributed by atoms with E-state index in [1.165, 1.54) is 18.2 Å². The van der Waals surface area contributed by atoms with Crippen LogP contribution in [0.3, 0.4) is 0 Å². The zero-order chi connectivity index (χ0) is 21.9. The highest BCUT2D eigenvalue weighted by Gasteiger charge is 2.31. The van der Waals surface area contributed by atoms with Crippen LogP contribution < -0.4 is 11.0 Å². The maximum Gasteiger partial charge on any atom is 0.416 e. The van der Waals surface area contributed by atoms with Crippen LogP contribution in [0.4, 0.5) is 13.2 Å². The van der Waals surface area contributed by atoms with Gasteiger partial charge in [0.05, 0.1) is 29.1 Å². The Bertz CT molecular complexity index is 1260. The normalized spacial score (nSPS) is 11.5. The number of nitriles is 1. The molecule has 0 unspecified atom stereocenters. The van der Waals surface area contributed by atoms with Gasteiger partial charge >= 0.3 is 6.18 Å². The van der Waals surface area contributed by atoms with Gasteiger partial charge < -0.3 is 5.11 Å². The Morgan fingerprint density at radius 1 is 1.20 bits per heavy atom. The van der Waals surface area contributed by atoms with Crippen molar-refractivity contribution >= 4 is 22.9 Å². The number of aromatic nitrogens is 1. The largest absolute Gasteiger partial charge is 0.494 e. The molecule has 30 heavy (non-hydrogen) atoms. The van der Waals surface area contributed by atoms with Crippen molar-refractivity contribution in [1.29, 1.82) is 5.26 Å². The lowest BCUT2D eigenvalue weighted by Crippen LogP contribution is -2.21. The van der Waals surface area contributed by atoms with Crippen LogP contribution in [-0.4, -0.2) is 21.8 Å². The topological polar surface area (TPSA) is 107 Å². The average Bonchev–Trinajstić information content (AvgIpc) is 2.70. The Hall–Kier alpha value is -4.13. The molecule has 1 aromatic heterocycles. The standard InChI is InChI=1S/C20H13F3N4O3/c21-20(22,23)12-4-3-5-13(10-12)27-18(29)15-7-2-1-6-14(15)16(19(27)30)11-25-26-17(28)8-9-24/h1-7,10-11,30H,8H2,(H,26,28)/b25-11+. The van der Waals surface area contributed by atoms with Gasteiger partial charge in [0.25, 0.3) is 11.5 Å². The van der Waals surface area contributed by atoms with Gasteiger partial charge in [0.15, 0.2) is 0 Å². The smallest absolute Gasteiger partial charge is 0.416 e. The summed E-state index contributed by atoms with van der Waals surface area (Å²) < 4.78 is 40.0. The molecule has 10 heteroatoms. The van der Waals surface area contributed by atoms with Crippen LogP contribution in [-0.2, 0) is 11.0 Å². The predicted octanol–water partition coefficient (Wildman–Crippen LogP) is 3.08. The van der Waals surface area contributed by atoms with Crippen molar-refractivity contribution in [2.75, 3.05) is 0 Å². The molecule has 1 amide bonds. The molecule has 3 rings (SSSR count). The Kier molecular flexibility index (Phi) is 5.55. The van der Waals surface area contributed by atoms with Crippen molar-refractivity contribution in [3.05, 3.63) is 70.0 Å². The molecule has 1 heterocycles. The van der Waals surface area contributed by atoms with E-state index in [4.69, 9.17) is 5.26 Å². The quantitative estimate of drug-likeness (QED) is 0.505. The number of nitrogens with one attached hydrogen (secondary N) is 1. The molecule has 0 radical (unpaired) electrons. The molecule has 0 atom stereocenters. The third kappa shape index (κ3) is 4.00. The summed E-state index contributed by atoms with van der Waals surface area (Å²) in [5, 5.41) is 23.3. The summed E-state index contributed by atoms with van der Waals surface area (Å²) in [6.45, 7) is 0. The predicted molar refractivity (Wildman–Crippen MR) is 102 cm³/mol. The number of hydrogen-bond donors (Lipinski definition) is 2. The van der Waals surface area contributed by atoms with E-state index in [1.54, 1.807) is 18.2 Å². The number of rotatable bonds is 4. The number of fused-ring (bicyclic) bond motifs is 1. The Morgan fingerprint density at radius 2 is 1.90 bits per heavy atom. The number of aromatic hydroxyl groups is 1. The highest BCUT2D eigenvalue weighted by molar-refractivity contribution is 6.02. The molecule has 2 N–H and O–H groups in total. The highest BCUT2D eigenvalue weighted by atomic mass is 19.4. The number of pyridine rings is 1. The summed E-state index contributed by atoms with van der Waals surface area (Å²) in [5.74, 6) is -1.35. The van der Waals surface area contributed by atoms with E-state index in [0.717, 1.165) is 29.0 Å². The number of nitrogens with zero attached hydrogens (tertiary/aromatic N) is 3. The van der Waals surface area contributed by atoms with Gasteiger partial charge in [-0.15, -0.1) is 0 Å². The zero-order valence-electron chi connectivity index (χ0n) is 15.1. The molecule has 0 saturated heterocycles. The molecule has 0 aliphatic heterocycles. The first-order valence-electron chi connectivity index (χ1n) is 8.47. The fourth-order valence-corrected chi connectivity index (χ4v) is 2.83. The number of alkyl halides is 3. The minimum atomic E-state index is -4.64. The monoisotopic (exact) mass is 414 g/mol. The summed E-state index contributed by atoms with van der Waals surface area (Å²) >= 11 is 0. The first-order chi connectivity index (χ1) is 14.2. The van der Waals surface area contributed by atoms with Crippen LogP contribution in [0, 0.1) is 11.3 Å². The number of halogens is 3. The zero-order valence-corrected chi connectivity index (χ0v) is 15.1. The molecule has 0 fully saturated rings. The Morgan fingerprint density at radius 3 is 2.57 bits per heavy atom. The first kappa shape index (κ1) is 20.6. The second-order valence-corrected chi connectivity index (χ2v) is 6.10. The SMILES string of the molecule is N#CCC(=O)N/N=C/c1c(O)n(-c2cccc(C(F)(F)F)c2)c(=O)c2ccccc12. The van der Waals surface area contributed by atoms with Crippen molar-refractivity contribution < 1.29 is 23.1 Å². The fourth-order valence-electron chi connectivity index (χ4n) is 2.83. The summed E-state index contributed by atoms with van der Waals surface area (Å²) in [4.78, 5) is 24.3. The third-order valence-corrected chi connectivity index (χ3v) is 4.16. The summed E-state index contributed by atoms with van der Waals surface area (Å²) in [5.41, 5.74) is 0.178. The summed E-state index contributed by atoms with van der Waals surface area (Å²) in [6, 6.07) is 11.7.